The van der Waals surface area contributed by atoms with Gasteiger partial charge in [-0.05, 0) is 62.2 Å². The number of hydrogen-bond donors (Lipinski definition) is 3. The average Bonchev–Trinajstić information content (AvgIpc) is 3.48. The first kappa shape index (κ1) is 21.7. The molecule has 1 fully saturated rings. The third-order valence-corrected chi connectivity index (χ3v) is 5.55. The predicted molar refractivity (Wildman–Crippen MR) is 118 cm³/mol. The van der Waals surface area contributed by atoms with Crippen molar-refractivity contribution in [2.45, 2.75) is 32.4 Å². The molecular formula is C22H20F2N4O3S. The van der Waals surface area contributed by atoms with E-state index >= 15 is 0 Å². The van der Waals surface area contributed by atoms with E-state index in [1.807, 2.05) is 6.92 Å². The maximum Gasteiger partial charge on any atom is 0.387 e. The molecule has 1 saturated carbocycles. The number of aryl methyl sites for hydroxylation is 1. The van der Waals surface area contributed by atoms with E-state index in [1.54, 1.807) is 36.4 Å². The second-order valence-corrected chi connectivity index (χ2v) is 8.44. The first-order valence-electron chi connectivity index (χ1n) is 9.89. The summed E-state index contributed by atoms with van der Waals surface area (Å²) in [4.78, 5) is 29.9. The molecule has 2 aromatic carbocycles. The van der Waals surface area contributed by atoms with Gasteiger partial charge in [0.05, 0.1) is 5.69 Å². The van der Waals surface area contributed by atoms with Crippen LogP contribution in [0.3, 0.4) is 0 Å². The zero-order chi connectivity index (χ0) is 22.7. The molecule has 3 N–H and O–H groups in total. The molecule has 10 heteroatoms. The van der Waals surface area contributed by atoms with E-state index in [0.717, 1.165) is 17.7 Å². The van der Waals surface area contributed by atoms with E-state index in [1.165, 1.54) is 23.5 Å². The maximum atomic E-state index is 12.7. The largest absolute Gasteiger partial charge is 0.435 e. The van der Waals surface area contributed by atoms with Crippen LogP contribution in [0.15, 0.2) is 48.5 Å². The number of rotatable bonds is 7. The lowest BCUT2D eigenvalue weighted by Gasteiger charge is -2.08. The molecule has 7 nitrogen and oxygen atoms in total. The van der Waals surface area contributed by atoms with Crippen molar-refractivity contribution >= 4 is 34.1 Å². The van der Waals surface area contributed by atoms with Gasteiger partial charge in [0.25, 0.3) is 5.91 Å². The van der Waals surface area contributed by atoms with Gasteiger partial charge in [0, 0.05) is 27.7 Å². The van der Waals surface area contributed by atoms with E-state index in [2.05, 4.69) is 25.7 Å². The molecule has 166 valence electrons. The van der Waals surface area contributed by atoms with Crippen molar-refractivity contribution in [3.8, 4) is 17.0 Å². The van der Waals surface area contributed by atoms with E-state index < -0.39 is 6.61 Å². The lowest BCUT2D eigenvalue weighted by atomic mass is 10.1. The van der Waals surface area contributed by atoms with Crippen LogP contribution in [0.25, 0.3) is 11.3 Å². The molecule has 0 aliphatic heterocycles. The highest BCUT2D eigenvalue weighted by molar-refractivity contribution is 7.16. The molecule has 3 amide bonds. The number of nitrogens with zero attached hydrogens (tertiary/aromatic N) is 1. The summed E-state index contributed by atoms with van der Waals surface area (Å²) in [6, 6.07) is 12.7. The van der Waals surface area contributed by atoms with Crippen molar-refractivity contribution in [3.63, 3.8) is 0 Å². The number of halogens is 2. The van der Waals surface area contributed by atoms with E-state index in [4.69, 9.17) is 0 Å². The average molecular weight is 458 g/mol. The molecule has 0 saturated heterocycles. The molecule has 1 aromatic heterocycles. The Hall–Kier alpha value is -3.53. The second kappa shape index (κ2) is 9.31. The molecule has 4 rings (SSSR count). The Morgan fingerprint density at radius 2 is 1.88 bits per heavy atom. The molecule has 0 radical (unpaired) electrons. The highest BCUT2D eigenvalue weighted by Crippen LogP contribution is 2.32. The quantitative estimate of drug-likeness (QED) is 0.451. The standard InChI is InChI=1S/C22H20F2N4O3S/c1-12-18(13-5-9-17(10-6-13)31-20(23)24)27-22(32-12)28-19(29)14-3-2-4-16(11-14)26-21(30)25-15-7-8-15/h2-6,9-11,15,20H,7-8H2,1H3,(H2,25,26,30)(H,27,28,29). The van der Waals surface area contributed by atoms with E-state index in [-0.39, 0.29) is 23.7 Å². The summed E-state index contributed by atoms with van der Waals surface area (Å²) in [7, 11) is 0. The summed E-state index contributed by atoms with van der Waals surface area (Å²) in [5.41, 5.74) is 2.24. The summed E-state index contributed by atoms with van der Waals surface area (Å²) < 4.78 is 29.0. The van der Waals surface area contributed by atoms with Crippen LogP contribution < -0.4 is 20.7 Å². The lowest BCUT2D eigenvalue weighted by molar-refractivity contribution is -0.0498. The maximum absolute atomic E-state index is 12.7. The first-order chi connectivity index (χ1) is 15.4. The van der Waals surface area contributed by atoms with Crippen molar-refractivity contribution in [1.82, 2.24) is 10.3 Å². The van der Waals surface area contributed by atoms with Crippen LogP contribution >= 0.6 is 11.3 Å². The number of anilines is 2. The molecule has 32 heavy (non-hydrogen) atoms. The lowest BCUT2D eigenvalue weighted by Crippen LogP contribution is -2.30. The monoisotopic (exact) mass is 458 g/mol. The van der Waals surface area contributed by atoms with Gasteiger partial charge in [0.2, 0.25) is 0 Å². The summed E-state index contributed by atoms with van der Waals surface area (Å²) in [5.74, 6) is -0.304. The fourth-order valence-electron chi connectivity index (χ4n) is 3.00. The van der Waals surface area contributed by atoms with E-state index in [0.29, 0.717) is 27.6 Å². The van der Waals surface area contributed by atoms with Crippen molar-refractivity contribution in [3.05, 3.63) is 59.0 Å². The van der Waals surface area contributed by atoms with Crippen LogP contribution in [0.2, 0.25) is 0 Å². The Bertz CT molecular complexity index is 1130. The van der Waals surface area contributed by atoms with Gasteiger partial charge in [-0.1, -0.05) is 6.07 Å². The minimum absolute atomic E-state index is 0.0597. The highest BCUT2D eigenvalue weighted by Gasteiger charge is 2.23. The summed E-state index contributed by atoms with van der Waals surface area (Å²) in [5, 5.41) is 8.72. The van der Waals surface area contributed by atoms with Crippen LogP contribution in [0.4, 0.5) is 24.4 Å². The third kappa shape index (κ3) is 5.58. The summed E-state index contributed by atoms with van der Waals surface area (Å²) in [6.45, 7) is -1.03. The van der Waals surface area contributed by atoms with Crippen LogP contribution in [0.5, 0.6) is 5.75 Å². The smallest absolute Gasteiger partial charge is 0.387 e. The van der Waals surface area contributed by atoms with Crippen molar-refractivity contribution in [2.75, 3.05) is 10.6 Å². The Labute approximate surface area is 186 Å². The number of benzene rings is 2. The SMILES string of the molecule is Cc1sc(NC(=O)c2cccc(NC(=O)NC3CC3)c2)nc1-c1ccc(OC(F)F)cc1. The van der Waals surface area contributed by atoms with Gasteiger partial charge in [0.1, 0.15) is 5.75 Å². The van der Waals surface area contributed by atoms with Gasteiger partial charge < -0.3 is 15.4 Å². The molecule has 0 spiro atoms. The molecule has 3 aromatic rings. The summed E-state index contributed by atoms with van der Waals surface area (Å²) in [6.07, 6.45) is 1.97. The molecule has 0 bridgehead atoms. The topological polar surface area (TPSA) is 92.4 Å². The fraction of sp³-hybridized carbons (Fsp3) is 0.227. The normalized spacial score (nSPS) is 13.0. The summed E-state index contributed by atoms with van der Waals surface area (Å²) >= 11 is 1.30. The van der Waals surface area contributed by atoms with Crippen LogP contribution in [-0.4, -0.2) is 29.6 Å². The number of nitrogens with one attached hydrogen (secondary N) is 3. The minimum atomic E-state index is -2.88. The Morgan fingerprint density at radius 3 is 2.56 bits per heavy atom. The zero-order valence-corrected chi connectivity index (χ0v) is 17.8. The predicted octanol–water partition coefficient (Wildman–Crippen LogP) is 5.26. The van der Waals surface area contributed by atoms with E-state index in [9.17, 15) is 18.4 Å². The molecular weight excluding hydrogens is 438 g/mol. The Morgan fingerprint density at radius 1 is 1.12 bits per heavy atom. The van der Waals surface area contributed by atoms with Crippen LogP contribution in [0.1, 0.15) is 28.1 Å². The molecule has 0 atom stereocenters. The van der Waals surface area contributed by atoms with Crippen LogP contribution in [-0.2, 0) is 0 Å². The molecule has 1 aliphatic carbocycles. The molecule has 0 unspecified atom stereocenters. The van der Waals surface area contributed by atoms with Crippen LogP contribution in [0, 0.1) is 6.92 Å². The van der Waals surface area contributed by atoms with Gasteiger partial charge in [-0.15, -0.1) is 11.3 Å². The van der Waals surface area contributed by atoms with Crippen molar-refractivity contribution < 1.29 is 23.1 Å². The Balaban J connectivity index is 1.42. The van der Waals surface area contributed by atoms with Gasteiger partial charge >= 0.3 is 12.6 Å². The second-order valence-electron chi connectivity index (χ2n) is 7.23. The number of aromatic nitrogens is 1. The number of amides is 3. The Kier molecular flexibility index (Phi) is 6.31. The number of alkyl halides is 2. The number of urea groups is 1. The van der Waals surface area contributed by atoms with Crippen molar-refractivity contribution in [1.29, 1.82) is 0 Å². The fourth-order valence-corrected chi connectivity index (χ4v) is 3.83. The number of carbonyl (C=O) groups is 2. The number of hydrogen-bond acceptors (Lipinski definition) is 5. The van der Waals surface area contributed by atoms with Crippen molar-refractivity contribution in [2.24, 2.45) is 0 Å². The van der Waals surface area contributed by atoms with Gasteiger partial charge in [-0.2, -0.15) is 8.78 Å². The molecule has 1 aliphatic rings. The minimum Gasteiger partial charge on any atom is -0.435 e. The first-order valence-corrected chi connectivity index (χ1v) is 10.7. The number of carbonyl (C=O) groups excluding carboxylic acids is 2. The zero-order valence-electron chi connectivity index (χ0n) is 17.0. The third-order valence-electron chi connectivity index (χ3n) is 4.67. The number of ether oxygens (including phenoxy) is 1. The van der Waals surface area contributed by atoms with Gasteiger partial charge in [-0.3, -0.25) is 10.1 Å². The number of thiazole rings is 1. The van der Waals surface area contributed by atoms with Gasteiger partial charge in [-0.25, -0.2) is 9.78 Å². The molecule has 1 heterocycles. The highest BCUT2D eigenvalue weighted by atomic mass is 32.1. The van der Waals surface area contributed by atoms with Gasteiger partial charge in [0.15, 0.2) is 5.13 Å².